The van der Waals surface area contributed by atoms with E-state index in [1.807, 2.05) is 0 Å². The van der Waals surface area contributed by atoms with Crippen LogP contribution >= 0.6 is 12.6 Å². The van der Waals surface area contributed by atoms with Crippen molar-refractivity contribution in [1.29, 1.82) is 0 Å². The Morgan fingerprint density at radius 1 is 1.50 bits per heavy atom. The second-order valence-electron chi connectivity index (χ2n) is 3.75. The molecule has 0 aromatic heterocycles. The summed E-state index contributed by atoms with van der Waals surface area (Å²) in [7, 11) is 0. The van der Waals surface area contributed by atoms with Crippen LogP contribution in [0, 0.1) is 5.82 Å². The van der Waals surface area contributed by atoms with Gasteiger partial charge < -0.3 is 14.9 Å². The van der Waals surface area contributed by atoms with E-state index in [0.717, 1.165) is 6.07 Å². The van der Waals surface area contributed by atoms with Gasteiger partial charge in [-0.2, -0.15) is 12.6 Å². The average Bonchev–Trinajstić information content (AvgIpc) is 2.37. The van der Waals surface area contributed by atoms with Crippen molar-refractivity contribution >= 4 is 18.6 Å². The first-order chi connectivity index (χ1) is 8.54. The van der Waals surface area contributed by atoms with Gasteiger partial charge in [0.2, 0.25) is 0 Å². The molecule has 0 aliphatic rings. The lowest BCUT2D eigenvalue weighted by Crippen LogP contribution is -2.08. The average molecular weight is 274 g/mol. The lowest BCUT2D eigenvalue weighted by Gasteiger charge is -2.11. The van der Waals surface area contributed by atoms with E-state index in [0.29, 0.717) is 18.4 Å². The molecule has 1 aromatic rings. The van der Waals surface area contributed by atoms with E-state index in [4.69, 9.17) is 9.84 Å². The number of hydrogen-bond donors (Lipinski definition) is 3. The monoisotopic (exact) mass is 274 g/mol. The minimum atomic E-state index is -0.852. The molecule has 1 rings (SSSR count). The van der Waals surface area contributed by atoms with Gasteiger partial charge in [0.05, 0.1) is 18.5 Å². The largest absolute Gasteiger partial charge is 0.505 e. The number of rotatable bonds is 6. The Hall–Kier alpha value is -1.27. The van der Waals surface area contributed by atoms with Crippen molar-refractivity contribution in [2.45, 2.75) is 18.9 Å². The maximum atomic E-state index is 13.0. The topological polar surface area (TPSA) is 66.8 Å². The molecule has 100 valence electrons. The molecule has 2 N–H and O–H groups in total. The molecule has 1 aromatic carbocycles. The van der Waals surface area contributed by atoms with E-state index in [2.05, 4.69) is 12.6 Å². The first-order valence-corrected chi connectivity index (χ1v) is 6.10. The third-order valence-electron chi connectivity index (χ3n) is 2.37. The number of carbonyl (C=O) groups is 1. The SMILES string of the molecule is O=C(CS)OCCC[C@@H](O)c1ccc(O)c(F)c1. The molecule has 0 saturated carbocycles. The van der Waals surface area contributed by atoms with Crippen LogP contribution in [0.3, 0.4) is 0 Å². The normalized spacial score (nSPS) is 12.2. The summed E-state index contributed by atoms with van der Waals surface area (Å²) in [5, 5.41) is 18.8. The number of ether oxygens (including phenoxy) is 1. The molecule has 6 heteroatoms. The van der Waals surface area contributed by atoms with Gasteiger partial charge in [-0.1, -0.05) is 6.07 Å². The quantitative estimate of drug-likeness (QED) is 0.420. The smallest absolute Gasteiger partial charge is 0.315 e. The summed E-state index contributed by atoms with van der Waals surface area (Å²) < 4.78 is 17.8. The van der Waals surface area contributed by atoms with Crippen LogP contribution in [0.4, 0.5) is 4.39 Å². The Morgan fingerprint density at radius 3 is 2.83 bits per heavy atom. The van der Waals surface area contributed by atoms with E-state index in [1.54, 1.807) is 0 Å². The molecule has 4 nitrogen and oxygen atoms in total. The Kier molecular flexibility index (Phi) is 5.94. The highest BCUT2D eigenvalue weighted by Crippen LogP contribution is 2.23. The third kappa shape index (κ3) is 4.54. The first-order valence-electron chi connectivity index (χ1n) is 5.47. The predicted octanol–water partition coefficient (Wildman–Crippen LogP) is 1.82. The summed E-state index contributed by atoms with van der Waals surface area (Å²) in [5.74, 6) is -1.61. The number of carbonyl (C=O) groups excluding carboxylic acids is 1. The summed E-state index contributed by atoms with van der Waals surface area (Å²) in [6.45, 7) is 0.191. The van der Waals surface area contributed by atoms with Crippen LogP contribution in [0.5, 0.6) is 5.75 Å². The number of hydrogen-bond acceptors (Lipinski definition) is 5. The van der Waals surface area contributed by atoms with Gasteiger partial charge in [0.15, 0.2) is 11.6 Å². The number of halogens is 1. The van der Waals surface area contributed by atoms with Gasteiger partial charge in [-0.05, 0) is 30.5 Å². The van der Waals surface area contributed by atoms with Gasteiger partial charge in [0.1, 0.15) is 0 Å². The maximum Gasteiger partial charge on any atom is 0.315 e. The van der Waals surface area contributed by atoms with Crippen molar-refractivity contribution in [2.24, 2.45) is 0 Å². The highest BCUT2D eigenvalue weighted by molar-refractivity contribution is 7.81. The second-order valence-corrected chi connectivity index (χ2v) is 4.06. The summed E-state index contributed by atoms with van der Waals surface area (Å²) in [6, 6.07) is 3.72. The fourth-order valence-corrected chi connectivity index (χ4v) is 1.50. The number of esters is 1. The van der Waals surface area contributed by atoms with E-state index < -0.39 is 23.6 Å². The zero-order chi connectivity index (χ0) is 13.5. The van der Waals surface area contributed by atoms with E-state index in [-0.39, 0.29) is 12.4 Å². The van der Waals surface area contributed by atoms with Gasteiger partial charge in [-0.3, -0.25) is 4.79 Å². The van der Waals surface area contributed by atoms with Crippen molar-refractivity contribution in [3.63, 3.8) is 0 Å². The van der Waals surface area contributed by atoms with Crippen molar-refractivity contribution < 1.29 is 24.1 Å². The van der Waals surface area contributed by atoms with Gasteiger partial charge in [0, 0.05) is 0 Å². The lowest BCUT2D eigenvalue weighted by molar-refractivity contribution is -0.140. The van der Waals surface area contributed by atoms with Crippen molar-refractivity contribution in [3.05, 3.63) is 29.6 Å². The van der Waals surface area contributed by atoms with Gasteiger partial charge in [0.25, 0.3) is 0 Å². The zero-order valence-corrected chi connectivity index (χ0v) is 10.6. The molecule has 0 bridgehead atoms. The van der Waals surface area contributed by atoms with Crippen LogP contribution in [-0.2, 0) is 9.53 Å². The number of benzene rings is 1. The molecular formula is C12H15FO4S. The minimum Gasteiger partial charge on any atom is -0.505 e. The third-order valence-corrected chi connectivity index (χ3v) is 2.63. The fourth-order valence-electron chi connectivity index (χ4n) is 1.41. The second kappa shape index (κ2) is 7.23. The number of phenolic OH excluding ortho intramolecular Hbond substituents is 1. The standard InChI is InChI=1S/C12H15FO4S/c13-9-6-8(3-4-11(9)15)10(14)2-1-5-17-12(16)7-18/h3-4,6,10,14-15,18H,1-2,5,7H2/t10-/m1/s1. The molecular weight excluding hydrogens is 259 g/mol. The lowest BCUT2D eigenvalue weighted by atomic mass is 10.0. The number of thiol groups is 1. The van der Waals surface area contributed by atoms with Crippen molar-refractivity contribution in [3.8, 4) is 5.75 Å². The molecule has 0 aliphatic heterocycles. The van der Waals surface area contributed by atoms with Crippen LogP contribution in [-0.4, -0.2) is 28.5 Å². The fraction of sp³-hybridized carbons (Fsp3) is 0.417. The molecule has 0 aliphatic carbocycles. The van der Waals surface area contributed by atoms with Gasteiger partial charge in [-0.15, -0.1) is 0 Å². The molecule has 18 heavy (non-hydrogen) atoms. The molecule has 0 saturated heterocycles. The van der Waals surface area contributed by atoms with Gasteiger partial charge in [-0.25, -0.2) is 4.39 Å². The molecule has 0 amide bonds. The summed E-state index contributed by atoms with van der Waals surface area (Å²) in [6.07, 6.45) is -0.0532. The highest BCUT2D eigenvalue weighted by Gasteiger charge is 2.10. The molecule has 0 fully saturated rings. The Morgan fingerprint density at radius 2 is 2.22 bits per heavy atom. The first kappa shape index (κ1) is 14.8. The number of phenols is 1. The van der Waals surface area contributed by atoms with Crippen molar-refractivity contribution in [1.82, 2.24) is 0 Å². The number of aliphatic hydroxyl groups excluding tert-OH is 1. The van der Waals surface area contributed by atoms with Crippen LogP contribution in [0.25, 0.3) is 0 Å². The van der Waals surface area contributed by atoms with Crippen LogP contribution in [0.15, 0.2) is 18.2 Å². The van der Waals surface area contributed by atoms with Gasteiger partial charge >= 0.3 is 5.97 Å². The molecule has 1 atom stereocenters. The van der Waals surface area contributed by atoms with Crippen molar-refractivity contribution in [2.75, 3.05) is 12.4 Å². The predicted molar refractivity (Wildman–Crippen MR) is 67.1 cm³/mol. The Balaban J connectivity index is 2.38. The minimum absolute atomic E-state index is 0.0196. The van der Waals surface area contributed by atoms with E-state index >= 15 is 0 Å². The Bertz CT molecular complexity index is 411. The summed E-state index contributed by atoms with van der Waals surface area (Å²) in [4.78, 5) is 10.8. The highest BCUT2D eigenvalue weighted by atomic mass is 32.1. The van der Waals surface area contributed by atoms with Crippen LogP contribution < -0.4 is 0 Å². The van der Waals surface area contributed by atoms with E-state index in [9.17, 15) is 14.3 Å². The molecule has 0 radical (unpaired) electrons. The maximum absolute atomic E-state index is 13.0. The molecule has 0 spiro atoms. The summed E-state index contributed by atoms with van der Waals surface area (Å²) >= 11 is 3.75. The Labute approximate surface area is 110 Å². The number of aromatic hydroxyl groups is 1. The molecule has 0 unspecified atom stereocenters. The number of aliphatic hydroxyl groups is 1. The zero-order valence-electron chi connectivity index (χ0n) is 9.67. The summed E-state index contributed by atoms with van der Waals surface area (Å²) in [5.41, 5.74) is 0.380. The van der Waals surface area contributed by atoms with Crippen LogP contribution in [0.2, 0.25) is 0 Å². The molecule has 0 heterocycles. The van der Waals surface area contributed by atoms with Crippen LogP contribution in [0.1, 0.15) is 24.5 Å². The van der Waals surface area contributed by atoms with E-state index in [1.165, 1.54) is 12.1 Å².